The molecule has 2 aliphatic rings. The smallest absolute Gasteiger partial charge is 0.473 e. The van der Waals surface area contributed by atoms with Crippen molar-refractivity contribution in [2.45, 2.75) is 25.2 Å². The Morgan fingerprint density at radius 2 is 1.86 bits per heavy atom. The van der Waals surface area contributed by atoms with Gasteiger partial charge in [-0.2, -0.15) is 0 Å². The van der Waals surface area contributed by atoms with Crippen LogP contribution in [-0.2, 0) is 14.2 Å². The maximum Gasteiger partial charge on any atom is 0.573 e. The van der Waals surface area contributed by atoms with E-state index in [9.17, 15) is 13.2 Å². The van der Waals surface area contributed by atoms with Gasteiger partial charge in [-0.25, -0.2) is 0 Å². The van der Waals surface area contributed by atoms with Gasteiger partial charge in [0.15, 0.2) is 11.5 Å². The molecule has 0 bridgehead atoms. The number of ether oxygens (including phenoxy) is 5. The van der Waals surface area contributed by atoms with Crippen molar-refractivity contribution in [1.29, 1.82) is 0 Å². The van der Waals surface area contributed by atoms with E-state index in [-0.39, 0.29) is 5.75 Å². The summed E-state index contributed by atoms with van der Waals surface area (Å²) in [5.41, 5.74) is -0.599. The van der Waals surface area contributed by atoms with Crippen LogP contribution in [0.4, 0.5) is 13.2 Å². The summed E-state index contributed by atoms with van der Waals surface area (Å²) >= 11 is 0. The predicted molar refractivity (Wildman–Crippen MR) is 68.0 cm³/mol. The van der Waals surface area contributed by atoms with Crippen molar-refractivity contribution in [3.8, 4) is 11.5 Å². The van der Waals surface area contributed by atoms with E-state index < -0.39 is 18.3 Å². The SMILES string of the molecule is COC(OC)C1(C)Oc2ccc(OC(F)(F)F)cc2C2=C1O2. The molecule has 0 saturated heterocycles. The third-order valence-corrected chi connectivity index (χ3v) is 3.45. The lowest BCUT2D eigenvalue weighted by molar-refractivity contribution is -0.274. The summed E-state index contributed by atoms with van der Waals surface area (Å²) in [6.45, 7) is 1.72. The molecule has 2 heterocycles. The molecule has 22 heavy (non-hydrogen) atoms. The largest absolute Gasteiger partial charge is 0.573 e. The van der Waals surface area contributed by atoms with E-state index in [1.54, 1.807) is 6.92 Å². The zero-order valence-electron chi connectivity index (χ0n) is 12.0. The maximum absolute atomic E-state index is 12.3. The minimum atomic E-state index is -4.75. The topological polar surface area (TPSA) is 49.5 Å². The molecular weight excluding hydrogens is 305 g/mol. The van der Waals surface area contributed by atoms with Crippen LogP contribution in [0.1, 0.15) is 12.5 Å². The van der Waals surface area contributed by atoms with Gasteiger partial charge in [0.05, 0.1) is 5.56 Å². The Morgan fingerprint density at radius 1 is 1.18 bits per heavy atom. The first-order valence-corrected chi connectivity index (χ1v) is 6.36. The van der Waals surface area contributed by atoms with Crippen LogP contribution in [0.3, 0.4) is 0 Å². The number of methoxy groups -OCH3 is 2. The fourth-order valence-electron chi connectivity index (χ4n) is 2.53. The normalized spacial score (nSPS) is 22.7. The van der Waals surface area contributed by atoms with Crippen LogP contribution in [0.5, 0.6) is 11.5 Å². The Bertz CT molecular complexity index is 636. The molecule has 0 aromatic heterocycles. The Balaban J connectivity index is 1.94. The number of fused-ring (bicyclic) bond motifs is 2. The summed E-state index contributed by atoms with van der Waals surface area (Å²) < 4.78 is 62.4. The minimum absolute atomic E-state index is 0.337. The summed E-state index contributed by atoms with van der Waals surface area (Å²) in [5, 5.41) is 0. The second kappa shape index (κ2) is 4.79. The molecule has 1 aromatic carbocycles. The summed E-state index contributed by atoms with van der Waals surface area (Å²) in [5.74, 6) is 0.955. The van der Waals surface area contributed by atoms with Crippen molar-refractivity contribution in [1.82, 2.24) is 0 Å². The highest BCUT2D eigenvalue weighted by atomic mass is 19.4. The van der Waals surface area contributed by atoms with Crippen molar-refractivity contribution in [3.05, 3.63) is 29.5 Å². The maximum atomic E-state index is 12.3. The molecule has 2 aliphatic heterocycles. The molecule has 5 nitrogen and oxygen atoms in total. The van der Waals surface area contributed by atoms with Gasteiger partial charge in [-0.1, -0.05) is 0 Å². The van der Waals surface area contributed by atoms with Crippen LogP contribution in [0.2, 0.25) is 0 Å². The van der Waals surface area contributed by atoms with E-state index in [4.69, 9.17) is 18.9 Å². The highest BCUT2D eigenvalue weighted by Gasteiger charge is 2.56. The molecule has 3 rings (SSSR count). The molecule has 0 saturated carbocycles. The second-order valence-electron chi connectivity index (χ2n) is 4.98. The molecule has 1 aromatic rings. The van der Waals surface area contributed by atoms with E-state index >= 15 is 0 Å². The van der Waals surface area contributed by atoms with Gasteiger partial charge in [0.25, 0.3) is 0 Å². The zero-order chi connectivity index (χ0) is 16.1. The first-order valence-electron chi connectivity index (χ1n) is 6.36. The summed E-state index contributed by atoms with van der Waals surface area (Å²) in [6, 6.07) is 3.79. The van der Waals surface area contributed by atoms with Crippen molar-refractivity contribution in [2.24, 2.45) is 0 Å². The molecule has 120 valence electrons. The van der Waals surface area contributed by atoms with E-state index in [0.29, 0.717) is 22.8 Å². The average Bonchev–Trinajstić information content (AvgIpc) is 3.21. The molecule has 0 spiro atoms. The molecule has 1 atom stereocenters. The van der Waals surface area contributed by atoms with Gasteiger partial charge in [0, 0.05) is 14.2 Å². The van der Waals surface area contributed by atoms with E-state index in [1.807, 2.05) is 0 Å². The van der Waals surface area contributed by atoms with Crippen molar-refractivity contribution >= 4 is 5.76 Å². The fourth-order valence-corrected chi connectivity index (χ4v) is 2.53. The number of alkyl halides is 3. The number of hydrogen-bond donors (Lipinski definition) is 0. The van der Waals surface area contributed by atoms with Crippen LogP contribution >= 0.6 is 0 Å². The van der Waals surface area contributed by atoms with Crippen molar-refractivity contribution < 1.29 is 36.9 Å². The standard InChI is InChI=1S/C14H13F3O5/c1-13(12(18-2)19-3)11-10(20-11)8-6-7(21-14(15,16)17)4-5-9(8)22-13/h4-6,12H,1-3H3. The van der Waals surface area contributed by atoms with Crippen LogP contribution in [0.15, 0.2) is 24.0 Å². The van der Waals surface area contributed by atoms with Gasteiger partial charge in [-0.05, 0) is 25.1 Å². The third kappa shape index (κ3) is 2.38. The average molecular weight is 318 g/mol. The lowest BCUT2D eigenvalue weighted by Gasteiger charge is -2.33. The van der Waals surface area contributed by atoms with Gasteiger partial charge < -0.3 is 23.7 Å². The molecule has 0 aliphatic carbocycles. The Hall–Kier alpha value is -1.93. The van der Waals surface area contributed by atoms with E-state index in [1.165, 1.54) is 32.4 Å². The molecule has 0 N–H and O–H groups in total. The molecule has 1 unspecified atom stereocenters. The zero-order valence-corrected chi connectivity index (χ0v) is 12.0. The van der Waals surface area contributed by atoms with Crippen LogP contribution < -0.4 is 9.47 Å². The predicted octanol–water partition coefficient (Wildman–Crippen LogP) is 3.05. The number of benzene rings is 1. The van der Waals surface area contributed by atoms with Crippen LogP contribution in [0, 0.1) is 0 Å². The quantitative estimate of drug-likeness (QED) is 0.799. The van der Waals surface area contributed by atoms with Gasteiger partial charge >= 0.3 is 6.36 Å². The summed E-state index contributed by atoms with van der Waals surface area (Å²) in [6.07, 6.45) is -5.48. The number of rotatable bonds is 4. The molecular formula is C14H13F3O5. The first-order chi connectivity index (χ1) is 10.3. The van der Waals surface area contributed by atoms with Gasteiger partial charge in [0.1, 0.15) is 11.5 Å². The van der Waals surface area contributed by atoms with Gasteiger partial charge in [0.2, 0.25) is 11.9 Å². The molecule has 0 radical (unpaired) electrons. The Labute approximate surface area is 124 Å². The van der Waals surface area contributed by atoms with Crippen LogP contribution in [0.25, 0.3) is 5.76 Å². The minimum Gasteiger partial charge on any atom is -0.473 e. The third-order valence-electron chi connectivity index (χ3n) is 3.45. The van der Waals surface area contributed by atoms with Gasteiger partial charge in [-0.15, -0.1) is 13.2 Å². The first kappa shape index (κ1) is 15.0. The molecule has 0 fully saturated rings. The van der Waals surface area contributed by atoms with Crippen molar-refractivity contribution in [2.75, 3.05) is 14.2 Å². The molecule has 0 amide bonds. The summed E-state index contributed by atoms with van der Waals surface area (Å²) in [7, 11) is 2.92. The van der Waals surface area contributed by atoms with Crippen LogP contribution in [-0.4, -0.2) is 32.5 Å². The molecule has 8 heteroatoms. The van der Waals surface area contributed by atoms with Crippen molar-refractivity contribution in [3.63, 3.8) is 0 Å². The number of hydrogen-bond acceptors (Lipinski definition) is 5. The van der Waals surface area contributed by atoms with Gasteiger partial charge in [-0.3, -0.25) is 0 Å². The van der Waals surface area contributed by atoms with E-state index in [2.05, 4.69) is 4.74 Å². The highest BCUT2D eigenvalue weighted by Crippen LogP contribution is 2.54. The lowest BCUT2D eigenvalue weighted by Crippen LogP contribution is -2.47. The summed E-state index contributed by atoms with van der Waals surface area (Å²) in [4.78, 5) is 0. The van der Waals surface area contributed by atoms with E-state index in [0.717, 1.165) is 0 Å². The lowest BCUT2D eigenvalue weighted by atomic mass is 9.99. The monoisotopic (exact) mass is 318 g/mol. The Kier molecular flexibility index (Phi) is 3.26. The second-order valence-corrected chi connectivity index (χ2v) is 4.98. The highest BCUT2D eigenvalue weighted by molar-refractivity contribution is 5.80. The number of halogens is 3. The fraction of sp³-hybridized carbons (Fsp3) is 0.429. The Morgan fingerprint density at radius 3 is 2.45 bits per heavy atom.